The Morgan fingerprint density at radius 1 is 1.19 bits per heavy atom. The van der Waals surface area contributed by atoms with Gasteiger partial charge in [-0.1, -0.05) is 11.6 Å². The van der Waals surface area contributed by atoms with E-state index in [9.17, 15) is 9.59 Å². The number of fused-ring (bicyclic) bond motifs is 2. The van der Waals surface area contributed by atoms with Crippen LogP contribution in [0.1, 0.15) is 5.56 Å². The predicted octanol–water partition coefficient (Wildman–Crippen LogP) is 2.32. The molecule has 1 N–H and O–H groups in total. The van der Waals surface area contributed by atoms with Gasteiger partial charge in [-0.15, -0.1) is 12.4 Å². The normalized spacial score (nSPS) is 15.8. The van der Waals surface area contributed by atoms with Crippen LogP contribution in [-0.2, 0) is 24.9 Å². The zero-order chi connectivity index (χ0) is 24.8. The molecule has 5 aromatic rings. The molecular weight excluding hydrogens is 517 g/mol. The second-order valence-corrected chi connectivity index (χ2v) is 9.41. The minimum Gasteiger partial charge on any atom is -0.374 e. The van der Waals surface area contributed by atoms with Crippen LogP contribution in [0.15, 0.2) is 64.8 Å². The number of aryl methyl sites for hydroxylation is 1. The molecule has 0 radical (unpaired) electrons. The molecule has 0 amide bonds. The molecule has 1 unspecified atom stereocenters. The number of ether oxygens (including phenoxy) is 1. The highest BCUT2D eigenvalue weighted by atomic mass is 35.5. The monoisotopic (exact) mass is 541 g/mol. The Balaban J connectivity index is 0.00000280. The van der Waals surface area contributed by atoms with E-state index in [4.69, 9.17) is 16.3 Å². The first kappa shape index (κ1) is 25.2. The summed E-state index contributed by atoms with van der Waals surface area (Å²) >= 11 is 6.52. The number of nitrogens with one attached hydrogen (secondary N) is 1. The summed E-state index contributed by atoms with van der Waals surface area (Å²) in [6, 6.07) is 9.18. The molecule has 1 aromatic carbocycles. The van der Waals surface area contributed by atoms with Gasteiger partial charge in [-0.3, -0.25) is 9.36 Å². The van der Waals surface area contributed by atoms with E-state index in [1.807, 2.05) is 36.7 Å². The molecule has 10 nitrogen and oxygen atoms in total. The van der Waals surface area contributed by atoms with Gasteiger partial charge in [0.2, 0.25) is 0 Å². The highest BCUT2D eigenvalue weighted by molar-refractivity contribution is 6.32. The molecule has 1 aliphatic heterocycles. The second-order valence-electron chi connectivity index (χ2n) is 8.98. The summed E-state index contributed by atoms with van der Waals surface area (Å²) in [5.74, 6) is 0. The number of morpholine rings is 1. The lowest BCUT2D eigenvalue weighted by Crippen LogP contribution is -2.40. The second kappa shape index (κ2) is 10.1. The van der Waals surface area contributed by atoms with Crippen molar-refractivity contribution in [3.05, 3.63) is 86.7 Å². The van der Waals surface area contributed by atoms with E-state index in [-0.39, 0.29) is 36.3 Å². The highest BCUT2D eigenvalue weighted by Crippen LogP contribution is 2.34. The Kier molecular flexibility index (Phi) is 6.91. The van der Waals surface area contributed by atoms with Crippen molar-refractivity contribution in [3.63, 3.8) is 0 Å². The Labute approximate surface area is 222 Å². The van der Waals surface area contributed by atoms with E-state index in [0.717, 1.165) is 40.6 Å². The summed E-state index contributed by atoms with van der Waals surface area (Å²) < 4.78 is 12.4. The first-order chi connectivity index (χ1) is 17.5. The number of benzene rings is 1. The van der Waals surface area contributed by atoms with Crippen LogP contribution >= 0.6 is 24.0 Å². The van der Waals surface area contributed by atoms with E-state index in [2.05, 4.69) is 20.0 Å². The molecule has 0 saturated carbocycles. The lowest BCUT2D eigenvalue weighted by molar-refractivity contribution is 0.0189. The summed E-state index contributed by atoms with van der Waals surface area (Å²) in [5.41, 5.74) is 3.37. The molecule has 6 rings (SSSR count). The third-order valence-corrected chi connectivity index (χ3v) is 6.75. The van der Waals surface area contributed by atoms with Crippen molar-refractivity contribution in [1.82, 2.24) is 33.6 Å². The van der Waals surface area contributed by atoms with Gasteiger partial charge in [0.1, 0.15) is 6.33 Å². The van der Waals surface area contributed by atoms with Gasteiger partial charge in [-0.05, 0) is 29.8 Å². The van der Waals surface area contributed by atoms with E-state index < -0.39 is 0 Å². The van der Waals surface area contributed by atoms with Crippen molar-refractivity contribution in [2.45, 2.75) is 19.2 Å². The van der Waals surface area contributed by atoms with Gasteiger partial charge in [0.05, 0.1) is 42.5 Å². The van der Waals surface area contributed by atoms with Gasteiger partial charge < -0.3 is 19.2 Å². The maximum absolute atomic E-state index is 12.5. The van der Waals surface area contributed by atoms with E-state index in [1.165, 1.54) is 27.7 Å². The Hall–Kier alpha value is -3.44. The van der Waals surface area contributed by atoms with Gasteiger partial charge in [0, 0.05) is 60.8 Å². The van der Waals surface area contributed by atoms with Crippen LogP contribution in [0.2, 0.25) is 5.02 Å². The van der Waals surface area contributed by atoms with Crippen molar-refractivity contribution < 1.29 is 4.74 Å². The number of rotatable bonds is 5. The first-order valence-electron chi connectivity index (χ1n) is 11.7. The largest absolute Gasteiger partial charge is 0.374 e. The maximum Gasteiger partial charge on any atom is 0.331 e. The zero-order valence-electron chi connectivity index (χ0n) is 20.0. The van der Waals surface area contributed by atoms with Crippen LogP contribution in [0.25, 0.3) is 27.7 Å². The van der Waals surface area contributed by atoms with E-state index in [0.29, 0.717) is 23.9 Å². The Bertz CT molecular complexity index is 1710. The number of nitrogens with zero attached hydrogens (tertiary/aromatic N) is 6. The highest BCUT2D eigenvalue weighted by Gasteiger charge is 2.19. The third-order valence-electron chi connectivity index (χ3n) is 6.53. The zero-order valence-corrected chi connectivity index (χ0v) is 21.6. The molecule has 37 heavy (non-hydrogen) atoms. The number of hydrogen-bond donors (Lipinski definition) is 1. The fourth-order valence-corrected chi connectivity index (χ4v) is 5.05. The molecular formula is C25H25Cl2N7O3. The van der Waals surface area contributed by atoms with Crippen molar-refractivity contribution in [3.8, 4) is 11.3 Å². The van der Waals surface area contributed by atoms with Gasteiger partial charge in [0.25, 0.3) is 5.56 Å². The maximum atomic E-state index is 12.5. The minimum absolute atomic E-state index is 0. The molecule has 0 aliphatic carbocycles. The summed E-state index contributed by atoms with van der Waals surface area (Å²) in [5, 5.41) is 9.35. The SMILES string of the molecule is Cl.Cn1ccc(=O)n(Cc2cc3c(-c4cc(Cl)cc5ccn(CC6CNCCO6)c45)ncnn3c2)c1=O. The third kappa shape index (κ3) is 4.69. The van der Waals surface area contributed by atoms with E-state index in [1.54, 1.807) is 11.6 Å². The van der Waals surface area contributed by atoms with Crippen molar-refractivity contribution in [2.24, 2.45) is 7.05 Å². The van der Waals surface area contributed by atoms with Gasteiger partial charge in [-0.2, -0.15) is 5.10 Å². The average Bonchev–Trinajstić information content (AvgIpc) is 3.48. The summed E-state index contributed by atoms with van der Waals surface area (Å²) in [6.07, 6.45) is 6.88. The van der Waals surface area contributed by atoms with Crippen LogP contribution in [0.3, 0.4) is 0 Å². The van der Waals surface area contributed by atoms with Crippen LogP contribution < -0.4 is 16.6 Å². The average molecular weight is 542 g/mol. The fraction of sp³-hybridized carbons (Fsp3) is 0.280. The van der Waals surface area contributed by atoms with Crippen molar-refractivity contribution in [1.29, 1.82) is 0 Å². The molecule has 1 aliphatic rings. The molecule has 0 bridgehead atoms. The van der Waals surface area contributed by atoms with Gasteiger partial charge >= 0.3 is 5.69 Å². The Morgan fingerprint density at radius 3 is 2.86 bits per heavy atom. The van der Waals surface area contributed by atoms with Gasteiger partial charge in [-0.25, -0.2) is 14.3 Å². The first-order valence-corrected chi connectivity index (χ1v) is 12.1. The summed E-state index contributed by atoms with van der Waals surface area (Å²) in [6.45, 7) is 3.16. The molecule has 4 aromatic heterocycles. The molecule has 12 heteroatoms. The molecule has 1 saturated heterocycles. The number of hydrogen-bond acceptors (Lipinski definition) is 6. The molecule has 1 fully saturated rings. The van der Waals surface area contributed by atoms with E-state index >= 15 is 0 Å². The standard InChI is InChI=1S/C25H24ClN7O3.ClH/c1-30-5-3-22(34)32(25(30)35)12-16-8-21-23(28-15-29-33(21)13-16)20-10-18(26)9-17-2-6-31(24(17)20)14-19-11-27-4-7-36-19;/h2-3,5-6,8-10,13,15,19,27H,4,7,11-12,14H2,1H3;1H. The van der Waals surface area contributed by atoms with Crippen LogP contribution in [0.4, 0.5) is 0 Å². The topological polar surface area (TPSA) is 100 Å². The quantitative estimate of drug-likeness (QED) is 0.366. The molecule has 1 atom stereocenters. The summed E-state index contributed by atoms with van der Waals surface area (Å²) in [7, 11) is 1.62. The fourth-order valence-electron chi connectivity index (χ4n) is 4.82. The van der Waals surface area contributed by atoms with Crippen LogP contribution in [-0.4, -0.2) is 54.1 Å². The summed E-state index contributed by atoms with van der Waals surface area (Å²) in [4.78, 5) is 29.5. The van der Waals surface area contributed by atoms with Crippen molar-refractivity contribution >= 4 is 40.4 Å². The van der Waals surface area contributed by atoms with Crippen molar-refractivity contribution in [2.75, 3.05) is 19.7 Å². The molecule has 192 valence electrons. The van der Waals surface area contributed by atoms with Crippen LogP contribution in [0, 0.1) is 0 Å². The molecule has 5 heterocycles. The Morgan fingerprint density at radius 2 is 2.05 bits per heavy atom. The van der Waals surface area contributed by atoms with Crippen LogP contribution in [0.5, 0.6) is 0 Å². The number of halogens is 2. The lowest BCUT2D eigenvalue weighted by atomic mass is 10.1. The number of aromatic nitrogens is 6. The molecule has 0 spiro atoms. The lowest BCUT2D eigenvalue weighted by Gasteiger charge is -2.24. The minimum atomic E-state index is -0.377. The smallest absolute Gasteiger partial charge is 0.331 e. The predicted molar refractivity (Wildman–Crippen MR) is 144 cm³/mol. The van der Waals surface area contributed by atoms with Gasteiger partial charge in [0.15, 0.2) is 0 Å².